The molecule has 1 fully saturated rings. The van der Waals surface area contributed by atoms with Gasteiger partial charge in [0.05, 0.1) is 12.1 Å². The van der Waals surface area contributed by atoms with E-state index < -0.39 is 5.97 Å². The maximum atomic E-state index is 12.7. The fraction of sp³-hybridized carbons (Fsp3) is 0.381. The molecule has 2 aromatic rings. The van der Waals surface area contributed by atoms with Crippen LogP contribution in [-0.4, -0.2) is 58.4 Å². The Labute approximate surface area is 159 Å². The Hall–Kier alpha value is -2.73. The van der Waals surface area contributed by atoms with Gasteiger partial charge < -0.3 is 10.0 Å². The lowest BCUT2D eigenvalue weighted by Gasteiger charge is -2.34. The summed E-state index contributed by atoms with van der Waals surface area (Å²) in [7, 11) is 1.94. The maximum Gasteiger partial charge on any atom is 0.335 e. The Kier molecular flexibility index (Phi) is 6.19. The zero-order valence-corrected chi connectivity index (χ0v) is 15.5. The van der Waals surface area contributed by atoms with Gasteiger partial charge in [-0.15, -0.1) is 0 Å². The lowest BCUT2D eigenvalue weighted by molar-refractivity contribution is -0.133. The van der Waals surface area contributed by atoms with Gasteiger partial charge in [-0.3, -0.25) is 14.7 Å². The number of carbonyl (C=O) groups is 2. The predicted molar refractivity (Wildman–Crippen MR) is 103 cm³/mol. The number of hydrogen-bond acceptors (Lipinski definition) is 4. The molecule has 6 heteroatoms. The SMILES string of the molecule is CN(CC(=O)N1CCC[C@H](c2ccc(C(=O)O)cc2)C1)Cc1cccnc1. The number of aromatic nitrogens is 1. The summed E-state index contributed by atoms with van der Waals surface area (Å²) in [5.74, 6) is -0.527. The number of carbonyl (C=O) groups excluding carboxylic acids is 1. The van der Waals surface area contributed by atoms with Crippen LogP contribution in [-0.2, 0) is 11.3 Å². The minimum absolute atomic E-state index is 0.133. The van der Waals surface area contributed by atoms with Crippen LogP contribution in [0.2, 0.25) is 0 Å². The molecule has 1 aromatic heterocycles. The van der Waals surface area contributed by atoms with Gasteiger partial charge in [0.2, 0.25) is 5.91 Å². The van der Waals surface area contributed by atoms with E-state index in [-0.39, 0.29) is 11.8 Å². The third-order valence-corrected chi connectivity index (χ3v) is 4.98. The Morgan fingerprint density at radius 2 is 2.04 bits per heavy atom. The molecule has 1 N–H and O–H groups in total. The van der Waals surface area contributed by atoms with Gasteiger partial charge in [0, 0.05) is 37.9 Å². The van der Waals surface area contributed by atoms with Crippen LogP contribution in [0.15, 0.2) is 48.8 Å². The van der Waals surface area contributed by atoms with E-state index in [9.17, 15) is 9.59 Å². The molecule has 1 atom stereocenters. The van der Waals surface area contributed by atoms with Gasteiger partial charge in [-0.2, -0.15) is 0 Å². The van der Waals surface area contributed by atoms with Crippen LogP contribution in [0.3, 0.4) is 0 Å². The van der Waals surface area contributed by atoms with Crippen molar-refractivity contribution in [3.63, 3.8) is 0 Å². The molecule has 6 nitrogen and oxygen atoms in total. The van der Waals surface area contributed by atoms with Gasteiger partial charge in [0.15, 0.2) is 0 Å². The van der Waals surface area contributed by atoms with Crippen molar-refractivity contribution in [2.45, 2.75) is 25.3 Å². The minimum Gasteiger partial charge on any atom is -0.478 e. The summed E-state index contributed by atoms with van der Waals surface area (Å²) in [5.41, 5.74) is 2.48. The average Bonchev–Trinajstić information content (AvgIpc) is 2.69. The molecule has 0 saturated carbocycles. The van der Waals surface area contributed by atoms with Crippen molar-refractivity contribution in [3.8, 4) is 0 Å². The van der Waals surface area contributed by atoms with Gasteiger partial charge in [0.25, 0.3) is 0 Å². The first kappa shape index (κ1) is 19.0. The number of aromatic carboxylic acids is 1. The van der Waals surface area contributed by atoms with E-state index in [0.717, 1.165) is 30.5 Å². The molecule has 27 heavy (non-hydrogen) atoms. The second-order valence-electron chi connectivity index (χ2n) is 7.14. The molecule has 1 aromatic carbocycles. The summed E-state index contributed by atoms with van der Waals surface area (Å²) >= 11 is 0. The van der Waals surface area contributed by atoms with Crippen LogP contribution in [0.5, 0.6) is 0 Å². The number of hydrogen-bond donors (Lipinski definition) is 1. The van der Waals surface area contributed by atoms with Gasteiger partial charge in [0.1, 0.15) is 0 Å². The lowest BCUT2D eigenvalue weighted by Crippen LogP contribution is -2.43. The van der Waals surface area contributed by atoms with E-state index in [1.165, 1.54) is 0 Å². The number of amides is 1. The molecule has 0 radical (unpaired) electrons. The average molecular weight is 367 g/mol. The monoisotopic (exact) mass is 367 g/mol. The molecule has 0 bridgehead atoms. The van der Waals surface area contributed by atoms with E-state index in [1.54, 1.807) is 18.3 Å². The quantitative estimate of drug-likeness (QED) is 0.850. The summed E-state index contributed by atoms with van der Waals surface area (Å²) in [6.45, 7) is 2.53. The molecule has 3 rings (SSSR count). The van der Waals surface area contributed by atoms with E-state index in [0.29, 0.717) is 25.2 Å². The molecule has 2 heterocycles. The van der Waals surface area contributed by atoms with Crippen molar-refractivity contribution < 1.29 is 14.7 Å². The highest BCUT2D eigenvalue weighted by Gasteiger charge is 2.25. The molecule has 1 aliphatic heterocycles. The zero-order chi connectivity index (χ0) is 19.2. The molecule has 0 unspecified atom stereocenters. The van der Waals surface area contributed by atoms with Crippen LogP contribution in [0.1, 0.15) is 40.2 Å². The first-order valence-electron chi connectivity index (χ1n) is 9.21. The lowest BCUT2D eigenvalue weighted by atomic mass is 9.90. The normalized spacial score (nSPS) is 17.1. The van der Waals surface area contributed by atoms with E-state index in [4.69, 9.17) is 5.11 Å². The number of pyridine rings is 1. The number of benzene rings is 1. The van der Waals surface area contributed by atoms with Crippen molar-refractivity contribution in [1.29, 1.82) is 0 Å². The third-order valence-electron chi connectivity index (χ3n) is 4.98. The molecule has 1 amide bonds. The number of likely N-dealkylation sites (tertiary alicyclic amines) is 1. The smallest absolute Gasteiger partial charge is 0.335 e. The van der Waals surface area contributed by atoms with Crippen molar-refractivity contribution in [1.82, 2.24) is 14.8 Å². The van der Waals surface area contributed by atoms with Crippen molar-refractivity contribution in [2.24, 2.45) is 0 Å². The van der Waals surface area contributed by atoms with Gasteiger partial charge in [-0.25, -0.2) is 4.79 Å². The molecular formula is C21H25N3O3. The van der Waals surface area contributed by atoms with Crippen LogP contribution in [0.4, 0.5) is 0 Å². The van der Waals surface area contributed by atoms with Crippen molar-refractivity contribution in [2.75, 3.05) is 26.7 Å². The highest BCUT2D eigenvalue weighted by molar-refractivity contribution is 5.87. The Bertz CT molecular complexity index is 777. The number of carboxylic acid groups (broad SMARTS) is 1. The summed E-state index contributed by atoms with van der Waals surface area (Å²) < 4.78 is 0. The maximum absolute atomic E-state index is 12.7. The number of piperidine rings is 1. The molecular weight excluding hydrogens is 342 g/mol. The molecule has 0 spiro atoms. The number of likely N-dealkylation sites (N-methyl/N-ethyl adjacent to an activating group) is 1. The van der Waals surface area contributed by atoms with Crippen LogP contribution in [0, 0.1) is 0 Å². The minimum atomic E-state index is -0.918. The highest BCUT2D eigenvalue weighted by atomic mass is 16.4. The molecule has 142 valence electrons. The van der Waals surface area contributed by atoms with Crippen LogP contribution < -0.4 is 0 Å². The second-order valence-corrected chi connectivity index (χ2v) is 7.14. The summed E-state index contributed by atoms with van der Waals surface area (Å²) in [6.07, 6.45) is 5.54. The molecule has 1 saturated heterocycles. The van der Waals surface area contributed by atoms with Crippen molar-refractivity contribution in [3.05, 3.63) is 65.5 Å². The predicted octanol–water partition coefficient (Wildman–Crippen LogP) is 2.62. The summed E-state index contributed by atoms with van der Waals surface area (Å²) in [5, 5.41) is 9.03. The highest BCUT2D eigenvalue weighted by Crippen LogP contribution is 2.27. The van der Waals surface area contributed by atoms with E-state index in [2.05, 4.69) is 4.98 Å². The van der Waals surface area contributed by atoms with Crippen LogP contribution in [0.25, 0.3) is 0 Å². The fourth-order valence-corrected chi connectivity index (χ4v) is 3.56. The zero-order valence-electron chi connectivity index (χ0n) is 15.5. The van der Waals surface area contributed by atoms with Gasteiger partial charge >= 0.3 is 5.97 Å². The largest absolute Gasteiger partial charge is 0.478 e. The molecule has 0 aliphatic carbocycles. The first-order valence-corrected chi connectivity index (χ1v) is 9.21. The molecule has 1 aliphatic rings. The Morgan fingerprint density at radius 1 is 1.26 bits per heavy atom. The summed E-state index contributed by atoms with van der Waals surface area (Å²) in [4.78, 5) is 31.8. The first-order chi connectivity index (χ1) is 13.0. The standard InChI is InChI=1S/C21H25N3O3/c1-23(13-16-4-2-10-22-12-16)15-20(25)24-11-3-5-19(14-24)17-6-8-18(9-7-17)21(26)27/h2,4,6-10,12,19H,3,5,11,13-15H2,1H3,(H,26,27)/t19-/m0/s1. The van der Waals surface area contributed by atoms with E-state index >= 15 is 0 Å². The number of rotatable bonds is 6. The Morgan fingerprint density at radius 3 is 2.70 bits per heavy atom. The number of nitrogens with zero attached hydrogens (tertiary/aromatic N) is 3. The van der Waals surface area contributed by atoms with Crippen molar-refractivity contribution >= 4 is 11.9 Å². The Balaban J connectivity index is 1.56. The number of carboxylic acids is 1. The topological polar surface area (TPSA) is 73.7 Å². The third kappa shape index (κ3) is 5.14. The van der Waals surface area contributed by atoms with Gasteiger partial charge in [-0.05, 0) is 49.2 Å². The second kappa shape index (κ2) is 8.77. The van der Waals surface area contributed by atoms with Crippen LogP contribution >= 0.6 is 0 Å². The summed E-state index contributed by atoms with van der Waals surface area (Å²) in [6, 6.07) is 10.9. The van der Waals surface area contributed by atoms with E-state index in [1.807, 2.05) is 47.3 Å². The van der Waals surface area contributed by atoms with Gasteiger partial charge in [-0.1, -0.05) is 18.2 Å². The fourth-order valence-electron chi connectivity index (χ4n) is 3.56.